The van der Waals surface area contributed by atoms with E-state index in [1.54, 1.807) is 0 Å². The second-order valence-corrected chi connectivity index (χ2v) is 13.0. The smallest absolute Gasteiger partial charge is 0.126 e. The van der Waals surface area contributed by atoms with E-state index in [1.165, 1.54) is 45.9 Å². The van der Waals surface area contributed by atoms with E-state index < -0.39 is 0 Å². The summed E-state index contributed by atoms with van der Waals surface area (Å²) in [6.45, 7) is 16.3. The standard InChI is InChI=1S/C45H40N2O2/c1-7-48-39-23-17-35(18-24-39)46(33-13-9-31(3)10-14-33)37-21-27-41-42-28-22-38(30-44(42)45(5,6)43(41)29-37)47(34-15-11-32(4)12-16-34)36-19-25-40(26-20-36)49-8-2/h7-30H,1-2H2,3-6H3. The van der Waals surface area contributed by atoms with Crippen molar-refractivity contribution in [2.75, 3.05) is 9.80 Å². The minimum atomic E-state index is -0.238. The fraction of sp³-hybridized carbons (Fsp3) is 0.111. The monoisotopic (exact) mass is 640 g/mol. The molecule has 4 heteroatoms. The molecule has 0 fully saturated rings. The Kier molecular flexibility index (Phi) is 8.31. The van der Waals surface area contributed by atoms with Gasteiger partial charge < -0.3 is 19.3 Å². The van der Waals surface area contributed by atoms with Gasteiger partial charge in [0.05, 0.1) is 12.5 Å². The van der Waals surface area contributed by atoms with Gasteiger partial charge in [-0.15, -0.1) is 0 Å². The minimum absolute atomic E-state index is 0.238. The van der Waals surface area contributed by atoms with Gasteiger partial charge >= 0.3 is 0 Å². The Morgan fingerprint density at radius 2 is 0.755 bits per heavy atom. The topological polar surface area (TPSA) is 24.9 Å². The lowest BCUT2D eigenvalue weighted by Gasteiger charge is -2.29. The normalized spacial score (nSPS) is 12.4. The van der Waals surface area contributed by atoms with Crippen LogP contribution < -0.4 is 19.3 Å². The number of aryl methyl sites for hydroxylation is 2. The van der Waals surface area contributed by atoms with Crippen LogP contribution >= 0.6 is 0 Å². The molecule has 0 N–H and O–H groups in total. The number of rotatable bonds is 10. The molecule has 0 saturated heterocycles. The van der Waals surface area contributed by atoms with Crippen molar-refractivity contribution in [3.63, 3.8) is 0 Å². The average molecular weight is 641 g/mol. The lowest BCUT2D eigenvalue weighted by atomic mass is 9.82. The van der Waals surface area contributed by atoms with Gasteiger partial charge in [-0.3, -0.25) is 0 Å². The van der Waals surface area contributed by atoms with Crippen molar-refractivity contribution in [3.8, 4) is 22.6 Å². The Hall–Kier alpha value is -6.00. The molecule has 6 aromatic carbocycles. The van der Waals surface area contributed by atoms with Crippen molar-refractivity contribution in [1.29, 1.82) is 0 Å². The molecule has 49 heavy (non-hydrogen) atoms. The predicted octanol–water partition coefficient (Wildman–Crippen LogP) is 12.6. The van der Waals surface area contributed by atoms with Crippen molar-refractivity contribution >= 4 is 34.1 Å². The number of hydrogen-bond donors (Lipinski definition) is 0. The van der Waals surface area contributed by atoms with E-state index in [-0.39, 0.29) is 5.41 Å². The third-order valence-electron chi connectivity index (χ3n) is 9.37. The first-order valence-corrected chi connectivity index (χ1v) is 16.5. The van der Waals surface area contributed by atoms with Crippen LogP contribution in [0.1, 0.15) is 36.1 Å². The zero-order valence-electron chi connectivity index (χ0n) is 28.5. The predicted molar refractivity (Wildman–Crippen MR) is 204 cm³/mol. The van der Waals surface area contributed by atoms with Gasteiger partial charge in [-0.05, 0) is 133 Å². The van der Waals surface area contributed by atoms with Crippen molar-refractivity contribution in [2.24, 2.45) is 0 Å². The maximum absolute atomic E-state index is 5.53. The Bertz CT molecular complexity index is 1970. The van der Waals surface area contributed by atoms with E-state index in [0.717, 1.165) is 45.6 Å². The highest BCUT2D eigenvalue weighted by Gasteiger charge is 2.37. The van der Waals surface area contributed by atoms with Crippen molar-refractivity contribution in [1.82, 2.24) is 0 Å². The van der Waals surface area contributed by atoms with Crippen molar-refractivity contribution in [2.45, 2.75) is 33.1 Å². The first kappa shape index (κ1) is 31.6. The summed E-state index contributed by atoms with van der Waals surface area (Å²) in [6, 6.07) is 47.4. The molecule has 0 unspecified atom stereocenters. The zero-order chi connectivity index (χ0) is 34.1. The van der Waals surface area contributed by atoms with Gasteiger partial charge in [-0.1, -0.05) is 74.5 Å². The van der Waals surface area contributed by atoms with Crippen LogP contribution in [-0.2, 0) is 5.41 Å². The number of hydrogen-bond acceptors (Lipinski definition) is 4. The lowest BCUT2D eigenvalue weighted by molar-refractivity contribution is 0.483. The summed E-state index contributed by atoms with van der Waals surface area (Å²) in [4.78, 5) is 4.61. The molecule has 0 amide bonds. The summed E-state index contributed by atoms with van der Waals surface area (Å²) in [6.07, 6.45) is 2.90. The first-order chi connectivity index (χ1) is 23.8. The third-order valence-corrected chi connectivity index (χ3v) is 9.37. The molecule has 0 bridgehead atoms. The van der Waals surface area contributed by atoms with Crippen LogP contribution in [0.4, 0.5) is 34.1 Å². The van der Waals surface area contributed by atoms with Gasteiger partial charge in [0.15, 0.2) is 0 Å². The summed E-state index contributed by atoms with van der Waals surface area (Å²) < 4.78 is 11.1. The molecule has 7 rings (SSSR count). The molecule has 0 radical (unpaired) electrons. The van der Waals surface area contributed by atoms with Crippen LogP contribution in [-0.4, -0.2) is 0 Å². The van der Waals surface area contributed by atoms with Gasteiger partial charge in [0.25, 0.3) is 0 Å². The average Bonchev–Trinajstić information content (AvgIpc) is 3.33. The first-order valence-electron chi connectivity index (χ1n) is 16.5. The van der Waals surface area contributed by atoms with Crippen LogP contribution in [0.2, 0.25) is 0 Å². The van der Waals surface area contributed by atoms with E-state index in [4.69, 9.17) is 9.47 Å². The van der Waals surface area contributed by atoms with Gasteiger partial charge in [0.2, 0.25) is 0 Å². The van der Waals surface area contributed by atoms with Crippen LogP contribution in [0.5, 0.6) is 11.5 Å². The van der Waals surface area contributed by atoms with Crippen LogP contribution in [0.25, 0.3) is 11.1 Å². The van der Waals surface area contributed by atoms with Crippen LogP contribution in [0.3, 0.4) is 0 Å². The van der Waals surface area contributed by atoms with E-state index in [1.807, 2.05) is 24.3 Å². The lowest BCUT2D eigenvalue weighted by Crippen LogP contribution is -2.17. The van der Waals surface area contributed by atoms with Crippen molar-refractivity contribution < 1.29 is 9.47 Å². The highest BCUT2D eigenvalue weighted by atomic mass is 16.5. The molecular weight excluding hydrogens is 601 g/mol. The largest absolute Gasteiger partial charge is 0.466 e. The molecule has 0 spiro atoms. The Morgan fingerprint density at radius 1 is 0.449 bits per heavy atom. The van der Waals surface area contributed by atoms with E-state index >= 15 is 0 Å². The maximum Gasteiger partial charge on any atom is 0.126 e. The second kappa shape index (κ2) is 12.9. The summed E-state index contributed by atoms with van der Waals surface area (Å²) in [5.74, 6) is 1.51. The molecule has 1 aliphatic carbocycles. The zero-order valence-corrected chi connectivity index (χ0v) is 28.5. The number of ether oxygens (including phenoxy) is 2. The number of anilines is 6. The van der Waals surface area contributed by atoms with Gasteiger partial charge in [0, 0.05) is 39.5 Å². The molecule has 6 aromatic rings. The second-order valence-electron chi connectivity index (χ2n) is 13.0. The summed E-state index contributed by atoms with van der Waals surface area (Å²) in [7, 11) is 0. The molecule has 0 heterocycles. The SMILES string of the molecule is C=COc1ccc(N(c2ccc(C)cc2)c2ccc3c(c2)C(C)(C)c2cc(N(c4ccc(C)cc4)c4ccc(OC=C)cc4)ccc2-3)cc1. The number of fused-ring (bicyclic) bond motifs is 3. The molecule has 4 nitrogen and oxygen atoms in total. The third kappa shape index (κ3) is 5.98. The van der Waals surface area contributed by atoms with Gasteiger partial charge in [-0.2, -0.15) is 0 Å². The number of benzene rings is 6. The summed E-state index contributed by atoms with van der Waals surface area (Å²) >= 11 is 0. The fourth-order valence-electron chi connectivity index (χ4n) is 6.81. The van der Waals surface area contributed by atoms with Crippen molar-refractivity contribution in [3.05, 3.63) is 181 Å². The summed E-state index contributed by atoms with van der Waals surface area (Å²) in [5, 5.41) is 0. The molecule has 0 saturated carbocycles. The highest BCUT2D eigenvalue weighted by molar-refractivity contribution is 5.88. The van der Waals surface area contributed by atoms with E-state index in [9.17, 15) is 0 Å². The number of nitrogens with zero attached hydrogens (tertiary/aromatic N) is 2. The Balaban J connectivity index is 1.31. The highest BCUT2D eigenvalue weighted by Crippen LogP contribution is 2.52. The fourth-order valence-corrected chi connectivity index (χ4v) is 6.81. The van der Waals surface area contributed by atoms with Crippen LogP contribution in [0, 0.1) is 13.8 Å². The van der Waals surface area contributed by atoms with E-state index in [2.05, 4.69) is 160 Å². The van der Waals surface area contributed by atoms with Gasteiger partial charge in [-0.25, -0.2) is 0 Å². The molecule has 0 atom stereocenters. The Morgan fingerprint density at radius 3 is 1.08 bits per heavy atom. The van der Waals surface area contributed by atoms with E-state index in [0.29, 0.717) is 0 Å². The quantitative estimate of drug-likeness (QED) is 0.139. The molecule has 0 aliphatic heterocycles. The molecular formula is C45H40N2O2. The van der Waals surface area contributed by atoms with Crippen LogP contribution in [0.15, 0.2) is 159 Å². The van der Waals surface area contributed by atoms with Gasteiger partial charge in [0.1, 0.15) is 11.5 Å². The Labute approximate surface area is 289 Å². The minimum Gasteiger partial charge on any atom is -0.466 e. The molecule has 1 aliphatic rings. The molecule has 242 valence electrons. The summed E-state index contributed by atoms with van der Waals surface area (Å²) in [5.41, 5.74) is 13.8. The maximum atomic E-state index is 5.53. The molecule has 0 aromatic heterocycles.